The lowest BCUT2D eigenvalue weighted by atomic mass is 9.98. The molecular formula is C28H28N4O5S4. The first-order valence-corrected chi connectivity index (χ1v) is 16.0. The molecule has 5 rings (SSSR count). The van der Waals surface area contributed by atoms with Gasteiger partial charge in [-0.1, -0.05) is 84.2 Å². The molecule has 1 fully saturated rings. The van der Waals surface area contributed by atoms with E-state index in [1.54, 1.807) is 4.57 Å². The summed E-state index contributed by atoms with van der Waals surface area (Å²) in [5.41, 5.74) is 2.72. The molecule has 3 heterocycles. The third-order valence-corrected chi connectivity index (χ3v) is 8.64. The van der Waals surface area contributed by atoms with Crippen molar-refractivity contribution in [1.82, 2.24) is 19.5 Å². The molecule has 0 spiro atoms. The molecule has 1 N–H and O–H groups in total. The Morgan fingerprint density at radius 3 is 2.22 bits per heavy atom. The van der Waals surface area contributed by atoms with Crippen molar-refractivity contribution in [3.05, 3.63) is 84.4 Å². The zero-order valence-corrected chi connectivity index (χ0v) is 25.5. The van der Waals surface area contributed by atoms with Gasteiger partial charge < -0.3 is 24.1 Å². The van der Waals surface area contributed by atoms with Gasteiger partial charge in [-0.15, -0.1) is 0 Å². The number of thioether (sulfide) groups is 2. The minimum Gasteiger partial charge on any atom is -0.492 e. The molecule has 41 heavy (non-hydrogen) atoms. The molecule has 1 aliphatic heterocycles. The summed E-state index contributed by atoms with van der Waals surface area (Å²) >= 11 is 13.6. The van der Waals surface area contributed by atoms with Crippen molar-refractivity contribution in [3.63, 3.8) is 0 Å². The molecule has 0 saturated carbocycles. The fourth-order valence-corrected chi connectivity index (χ4v) is 5.32. The van der Waals surface area contributed by atoms with E-state index in [9.17, 15) is 5.11 Å². The van der Waals surface area contributed by atoms with Crippen LogP contribution in [-0.4, -0.2) is 70.3 Å². The van der Waals surface area contributed by atoms with E-state index in [2.05, 4.69) is 15.0 Å². The number of nitrogens with zero attached hydrogens (tertiary/aromatic N) is 4. The van der Waals surface area contributed by atoms with Gasteiger partial charge in [0.1, 0.15) is 12.4 Å². The van der Waals surface area contributed by atoms with Crippen LogP contribution in [0.25, 0.3) is 11.2 Å². The molecule has 2 aromatic carbocycles. The van der Waals surface area contributed by atoms with Gasteiger partial charge in [-0.2, -0.15) is 4.98 Å². The van der Waals surface area contributed by atoms with Crippen LogP contribution in [0.2, 0.25) is 0 Å². The van der Waals surface area contributed by atoms with Crippen molar-refractivity contribution in [1.29, 1.82) is 0 Å². The number of aromatic nitrogens is 4. The molecule has 0 aliphatic carbocycles. The first-order valence-electron chi connectivity index (χ1n) is 12.7. The lowest BCUT2D eigenvalue weighted by Gasteiger charge is -2.29. The number of fused-ring (bicyclic) bond motifs is 1. The Hall–Kier alpha value is -2.81. The summed E-state index contributed by atoms with van der Waals surface area (Å²) in [5.74, 6) is -0.232. The van der Waals surface area contributed by atoms with E-state index in [-0.39, 0.29) is 11.4 Å². The van der Waals surface area contributed by atoms with Crippen LogP contribution in [0.4, 0.5) is 0 Å². The van der Waals surface area contributed by atoms with Crippen LogP contribution < -0.4 is 0 Å². The van der Waals surface area contributed by atoms with Crippen LogP contribution in [0.1, 0.15) is 17.4 Å². The van der Waals surface area contributed by atoms with E-state index in [1.807, 2.05) is 73.2 Å². The van der Waals surface area contributed by atoms with Crippen LogP contribution in [0.15, 0.2) is 73.3 Å². The van der Waals surface area contributed by atoms with Gasteiger partial charge in [-0.05, 0) is 48.1 Å². The van der Waals surface area contributed by atoms with Gasteiger partial charge in [0.05, 0.1) is 19.0 Å². The first-order chi connectivity index (χ1) is 20.0. The maximum absolute atomic E-state index is 10.3. The topological polar surface area (TPSA) is 101 Å². The second kappa shape index (κ2) is 13.9. The molecular weight excluding hydrogens is 601 g/mol. The number of hydrogen-bond acceptors (Lipinski definition) is 12. The van der Waals surface area contributed by atoms with Crippen LogP contribution >= 0.6 is 48.0 Å². The Labute approximate surface area is 257 Å². The Bertz CT molecular complexity index is 1480. The average molecular weight is 629 g/mol. The third-order valence-electron chi connectivity index (χ3n) is 6.59. The van der Waals surface area contributed by atoms with Gasteiger partial charge in [0.25, 0.3) is 0 Å². The number of aromatic hydroxyl groups is 1. The predicted octanol–water partition coefficient (Wildman–Crippen LogP) is 5.32. The highest BCUT2D eigenvalue weighted by molar-refractivity contribution is 8.22. The van der Waals surface area contributed by atoms with Crippen molar-refractivity contribution >= 4 is 67.9 Å². The van der Waals surface area contributed by atoms with E-state index >= 15 is 0 Å². The second-order valence-electron chi connectivity index (χ2n) is 9.11. The third kappa shape index (κ3) is 6.99. The van der Waals surface area contributed by atoms with Crippen LogP contribution in [0.5, 0.6) is 5.88 Å². The molecule has 1 unspecified atom stereocenters. The Morgan fingerprint density at radius 1 is 0.927 bits per heavy atom. The molecule has 0 bridgehead atoms. The monoisotopic (exact) mass is 628 g/mol. The summed E-state index contributed by atoms with van der Waals surface area (Å²) in [5, 5.41) is 10.3. The first kappa shape index (κ1) is 29.7. The summed E-state index contributed by atoms with van der Waals surface area (Å²) < 4.78 is 28.3. The summed E-state index contributed by atoms with van der Waals surface area (Å²) in [7, 11) is 0. The van der Waals surface area contributed by atoms with Gasteiger partial charge in [-0.25, -0.2) is 9.97 Å². The highest BCUT2D eigenvalue weighted by Crippen LogP contribution is 2.40. The minimum absolute atomic E-state index is 0.232. The highest BCUT2D eigenvalue weighted by Gasteiger charge is 2.53. The molecule has 0 radical (unpaired) electrons. The maximum Gasteiger partial charge on any atom is 0.242 e. The van der Waals surface area contributed by atoms with E-state index in [0.29, 0.717) is 27.4 Å². The molecule has 1 saturated heterocycles. The van der Waals surface area contributed by atoms with Crippen molar-refractivity contribution in [3.8, 4) is 5.88 Å². The van der Waals surface area contributed by atoms with Crippen molar-refractivity contribution in [2.24, 2.45) is 0 Å². The summed E-state index contributed by atoms with van der Waals surface area (Å²) in [6, 6.07) is 20.0. The van der Waals surface area contributed by atoms with Gasteiger partial charge in [0.15, 0.2) is 29.6 Å². The number of ether oxygens (including phenoxy) is 4. The zero-order chi connectivity index (χ0) is 28.8. The lowest BCUT2D eigenvalue weighted by Crippen LogP contribution is -2.44. The van der Waals surface area contributed by atoms with Crippen LogP contribution in [-0.2, 0) is 32.0 Å². The summed E-state index contributed by atoms with van der Waals surface area (Å²) in [6.07, 6.45) is 3.74. The van der Waals surface area contributed by atoms with Crippen molar-refractivity contribution < 1.29 is 24.1 Å². The minimum atomic E-state index is -0.780. The fraction of sp³-hybridized carbons (Fsp3) is 0.321. The summed E-state index contributed by atoms with van der Waals surface area (Å²) in [6.45, 7) is 0.367. The van der Waals surface area contributed by atoms with Gasteiger partial charge in [0, 0.05) is 6.42 Å². The smallest absolute Gasteiger partial charge is 0.242 e. The molecule has 9 nitrogen and oxygen atoms in total. The van der Waals surface area contributed by atoms with E-state index < -0.39 is 30.6 Å². The Morgan fingerprint density at radius 2 is 1.56 bits per heavy atom. The second-order valence-corrected chi connectivity index (χ2v) is 11.9. The number of hydrogen-bond donors (Lipinski definition) is 1. The largest absolute Gasteiger partial charge is 0.492 e. The van der Waals surface area contributed by atoms with Gasteiger partial charge in [-0.3, -0.25) is 4.57 Å². The van der Waals surface area contributed by atoms with Gasteiger partial charge in [0.2, 0.25) is 14.6 Å². The molecule has 2 aromatic heterocycles. The normalized spacial score (nSPS) is 21.0. The highest BCUT2D eigenvalue weighted by atomic mass is 32.2. The van der Waals surface area contributed by atoms with Crippen LogP contribution in [0, 0.1) is 0 Å². The predicted molar refractivity (Wildman–Crippen MR) is 168 cm³/mol. The zero-order valence-electron chi connectivity index (χ0n) is 22.2. The molecule has 13 heteroatoms. The molecule has 4 aromatic rings. The quantitative estimate of drug-likeness (QED) is 0.243. The average Bonchev–Trinajstić information content (AvgIpc) is 3.58. The molecule has 1 aliphatic rings. The van der Waals surface area contributed by atoms with Crippen molar-refractivity contribution in [2.75, 3.05) is 12.5 Å². The van der Waals surface area contributed by atoms with E-state index in [1.165, 1.54) is 36.2 Å². The Balaban J connectivity index is 1.56. The standard InChI is InChI=1S/C28H28N4O5S4/c1-40-27(38)36-22-21(19(13-17-9-5-3-6-10-17)34-14-18-11-7-4-8-12-18)35-26(23(22)37-28(39)41-2)32-16-31-20-24(32)29-15-30-25(20)33/h3-12,15-16,19,21-23,26H,13-14H2,1-2H3,(H,29,30,33)/t19?,21-,22-,23-,26-/m1/s1. The number of rotatable bonds is 9. The van der Waals surface area contributed by atoms with Crippen molar-refractivity contribution in [2.45, 2.75) is 43.7 Å². The summed E-state index contributed by atoms with van der Waals surface area (Å²) in [4.78, 5) is 12.5. The molecule has 214 valence electrons. The van der Waals surface area contributed by atoms with E-state index in [4.69, 9.17) is 43.4 Å². The number of imidazole rings is 1. The van der Waals surface area contributed by atoms with E-state index in [0.717, 1.165) is 11.1 Å². The fourth-order valence-electron chi connectivity index (χ4n) is 4.69. The van der Waals surface area contributed by atoms with Crippen LogP contribution in [0.3, 0.4) is 0 Å². The molecule has 0 amide bonds. The lowest BCUT2D eigenvalue weighted by molar-refractivity contribution is -0.109. The SMILES string of the molecule is CSC(=S)O[C@@H]1[C@H](OC(=S)SC)[C@@H](C(Cc2ccccc2)OCc2ccccc2)O[C@H]1n1cnc2c(O)ncnc21. The number of thiocarbonyl (C=S) groups is 2. The number of benzene rings is 2. The maximum atomic E-state index is 10.3. The Kier molecular flexibility index (Phi) is 10.1. The molecule has 5 atom stereocenters. The van der Waals surface area contributed by atoms with Gasteiger partial charge >= 0.3 is 0 Å².